The Morgan fingerprint density at radius 2 is 1.90 bits per heavy atom. The van der Waals surface area contributed by atoms with Crippen molar-refractivity contribution in [3.8, 4) is 0 Å². The number of nitrogens with one attached hydrogen (secondary N) is 2. The molecule has 0 heterocycles. The van der Waals surface area contributed by atoms with Gasteiger partial charge in [-0.3, -0.25) is 9.59 Å². The Hall–Kier alpha value is -2.31. The first kappa shape index (κ1) is 15.7. The molecule has 0 aromatic heterocycles. The average molecular weight is 286 g/mol. The van der Waals surface area contributed by atoms with Crippen LogP contribution < -0.4 is 10.6 Å². The maximum atomic E-state index is 12.1. The number of amides is 2. The van der Waals surface area contributed by atoms with Crippen molar-refractivity contribution in [3.05, 3.63) is 42.0 Å². The summed E-state index contributed by atoms with van der Waals surface area (Å²) in [4.78, 5) is 22.1. The molecule has 20 heavy (non-hydrogen) atoms. The van der Waals surface area contributed by atoms with Gasteiger partial charge in [-0.15, -0.1) is 0 Å². The molecule has 0 spiro atoms. The van der Waals surface area contributed by atoms with Gasteiger partial charge in [-0.05, 0) is 24.6 Å². The number of anilines is 1. The highest BCUT2D eigenvalue weighted by atomic mass is 19.4. The largest absolute Gasteiger partial charge is 0.471 e. The van der Waals surface area contributed by atoms with E-state index >= 15 is 0 Å². The van der Waals surface area contributed by atoms with Crippen LogP contribution in [0, 0.1) is 0 Å². The van der Waals surface area contributed by atoms with Gasteiger partial charge in [-0.1, -0.05) is 24.3 Å². The molecule has 0 aliphatic carbocycles. The van der Waals surface area contributed by atoms with E-state index in [9.17, 15) is 22.8 Å². The second-order valence-electron chi connectivity index (χ2n) is 3.83. The lowest BCUT2D eigenvalue weighted by Gasteiger charge is -2.12. The smallest absolute Gasteiger partial charge is 0.344 e. The molecule has 0 unspecified atom stereocenters. The third-order valence-corrected chi connectivity index (χ3v) is 2.29. The van der Waals surface area contributed by atoms with Crippen LogP contribution in [0.25, 0.3) is 0 Å². The summed E-state index contributed by atoms with van der Waals surface area (Å²) in [5.41, 5.74) is 0.723. The number of alkyl halides is 3. The number of carbonyl (C=O) groups is 2. The van der Waals surface area contributed by atoms with E-state index in [1.54, 1.807) is 24.4 Å². The molecule has 0 bridgehead atoms. The van der Waals surface area contributed by atoms with Crippen molar-refractivity contribution in [1.29, 1.82) is 0 Å². The van der Waals surface area contributed by atoms with Crippen molar-refractivity contribution in [2.45, 2.75) is 19.6 Å². The van der Waals surface area contributed by atoms with Crippen LogP contribution in [0.15, 0.2) is 36.4 Å². The summed E-state index contributed by atoms with van der Waals surface area (Å²) in [5, 5.41) is 4.27. The first-order chi connectivity index (χ1) is 9.34. The van der Waals surface area contributed by atoms with E-state index in [-0.39, 0.29) is 6.54 Å². The molecule has 0 atom stereocenters. The number of hydrogen-bond acceptors (Lipinski definition) is 2. The summed E-state index contributed by atoms with van der Waals surface area (Å²) in [6.45, 7) is 1.33. The molecule has 1 rings (SSSR count). The first-order valence-electron chi connectivity index (χ1n) is 5.71. The molecule has 0 radical (unpaired) electrons. The van der Waals surface area contributed by atoms with Gasteiger partial charge in [0.2, 0.25) is 5.91 Å². The molecule has 2 N–H and O–H groups in total. The number of halogens is 3. The summed E-state index contributed by atoms with van der Waals surface area (Å²) < 4.78 is 36.2. The zero-order valence-electron chi connectivity index (χ0n) is 10.6. The van der Waals surface area contributed by atoms with E-state index in [1.165, 1.54) is 24.3 Å². The van der Waals surface area contributed by atoms with Crippen molar-refractivity contribution in [2.24, 2.45) is 0 Å². The van der Waals surface area contributed by atoms with Gasteiger partial charge in [-0.25, -0.2) is 0 Å². The number of allylic oxidation sites excluding steroid dienone is 1. The molecule has 1 aromatic rings. The van der Waals surface area contributed by atoms with Crippen molar-refractivity contribution in [1.82, 2.24) is 5.32 Å². The lowest BCUT2D eigenvalue weighted by molar-refractivity contribution is -0.173. The van der Waals surface area contributed by atoms with Gasteiger partial charge >= 0.3 is 12.1 Å². The Labute approximate surface area is 113 Å². The fraction of sp³-hybridized carbons (Fsp3) is 0.231. The monoisotopic (exact) mass is 286 g/mol. The first-order valence-corrected chi connectivity index (χ1v) is 5.71. The van der Waals surface area contributed by atoms with Crippen LogP contribution in [0.4, 0.5) is 18.9 Å². The zero-order chi connectivity index (χ0) is 15.2. The number of hydrogen-bond donors (Lipinski definition) is 2. The molecule has 0 saturated carbocycles. The SMILES string of the molecule is C/C=C/C(=O)Nc1ccccc1CNC(=O)C(F)(F)F. The van der Waals surface area contributed by atoms with Gasteiger partial charge in [-0.2, -0.15) is 13.2 Å². The molecule has 7 heteroatoms. The summed E-state index contributed by atoms with van der Waals surface area (Å²) in [6, 6.07) is 6.28. The predicted molar refractivity (Wildman–Crippen MR) is 67.8 cm³/mol. The molecular formula is C13H13F3N2O2. The summed E-state index contributed by atoms with van der Waals surface area (Å²) in [7, 11) is 0. The molecule has 2 amide bonds. The number of para-hydroxylation sites is 1. The Morgan fingerprint density at radius 3 is 2.50 bits per heavy atom. The van der Waals surface area contributed by atoms with E-state index in [2.05, 4.69) is 5.32 Å². The Bertz CT molecular complexity index is 525. The quantitative estimate of drug-likeness (QED) is 0.835. The summed E-state index contributed by atoms with van der Waals surface area (Å²) in [6.07, 6.45) is -2.11. The number of carbonyl (C=O) groups excluding carboxylic acids is 2. The summed E-state index contributed by atoms with van der Waals surface area (Å²) in [5.74, 6) is -2.42. The third kappa shape index (κ3) is 4.75. The van der Waals surface area contributed by atoms with Gasteiger partial charge in [0.05, 0.1) is 0 Å². The molecule has 0 aliphatic rings. The van der Waals surface area contributed by atoms with Crippen LogP contribution in [0.3, 0.4) is 0 Å². The maximum Gasteiger partial charge on any atom is 0.471 e. The molecule has 4 nitrogen and oxygen atoms in total. The minimum atomic E-state index is -4.93. The molecule has 0 aliphatic heterocycles. The molecular weight excluding hydrogens is 273 g/mol. The maximum absolute atomic E-state index is 12.1. The topological polar surface area (TPSA) is 58.2 Å². The fourth-order valence-electron chi connectivity index (χ4n) is 1.40. The van der Waals surface area contributed by atoms with E-state index in [0.29, 0.717) is 11.3 Å². The van der Waals surface area contributed by atoms with Crippen LogP contribution in [0.5, 0.6) is 0 Å². The highest BCUT2D eigenvalue weighted by molar-refractivity contribution is 5.99. The number of rotatable bonds is 4. The minimum Gasteiger partial charge on any atom is -0.344 e. The molecule has 0 fully saturated rings. The predicted octanol–water partition coefficient (Wildman–Crippen LogP) is 2.38. The highest BCUT2D eigenvalue weighted by Crippen LogP contribution is 2.17. The van der Waals surface area contributed by atoms with Crippen LogP contribution in [-0.4, -0.2) is 18.0 Å². The van der Waals surface area contributed by atoms with E-state index < -0.39 is 18.0 Å². The summed E-state index contributed by atoms with van der Waals surface area (Å²) >= 11 is 0. The van der Waals surface area contributed by atoms with Gasteiger partial charge in [0.1, 0.15) is 0 Å². The van der Waals surface area contributed by atoms with Crippen molar-refractivity contribution in [2.75, 3.05) is 5.32 Å². The Morgan fingerprint density at radius 1 is 1.25 bits per heavy atom. The zero-order valence-corrected chi connectivity index (χ0v) is 10.6. The van der Waals surface area contributed by atoms with Gasteiger partial charge in [0.15, 0.2) is 0 Å². The third-order valence-electron chi connectivity index (χ3n) is 2.29. The van der Waals surface area contributed by atoms with E-state index in [1.807, 2.05) is 0 Å². The van der Waals surface area contributed by atoms with Gasteiger partial charge in [0, 0.05) is 12.2 Å². The lowest BCUT2D eigenvalue weighted by atomic mass is 10.1. The molecule has 1 aromatic carbocycles. The fourth-order valence-corrected chi connectivity index (χ4v) is 1.40. The van der Waals surface area contributed by atoms with Crippen LogP contribution in [0.2, 0.25) is 0 Å². The van der Waals surface area contributed by atoms with Gasteiger partial charge < -0.3 is 10.6 Å². The standard InChI is InChI=1S/C13H13F3N2O2/c1-2-5-11(19)18-10-7-4-3-6-9(10)8-17-12(20)13(14,15)16/h2-7H,8H2,1H3,(H,17,20)(H,18,19)/b5-2+. The van der Waals surface area contributed by atoms with Crippen molar-refractivity contribution >= 4 is 17.5 Å². The van der Waals surface area contributed by atoms with Crippen LogP contribution in [0.1, 0.15) is 12.5 Å². The lowest BCUT2D eigenvalue weighted by Crippen LogP contribution is -2.36. The highest BCUT2D eigenvalue weighted by Gasteiger charge is 2.38. The number of benzene rings is 1. The molecule has 108 valence electrons. The van der Waals surface area contributed by atoms with E-state index in [4.69, 9.17) is 0 Å². The Balaban J connectivity index is 2.76. The Kier molecular flexibility index (Phi) is 5.31. The minimum absolute atomic E-state index is 0.329. The normalized spacial score (nSPS) is 11.4. The van der Waals surface area contributed by atoms with Crippen molar-refractivity contribution in [3.63, 3.8) is 0 Å². The van der Waals surface area contributed by atoms with Crippen LogP contribution in [-0.2, 0) is 16.1 Å². The van der Waals surface area contributed by atoms with Crippen LogP contribution >= 0.6 is 0 Å². The second kappa shape index (κ2) is 6.74. The molecule has 0 saturated heterocycles. The van der Waals surface area contributed by atoms with Crippen molar-refractivity contribution < 1.29 is 22.8 Å². The second-order valence-corrected chi connectivity index (χ2v) is 3.83. The van der Waals surface area contributed by atoms with E-state index in [0.717, 1.165) is 0 Å². The average Bonchev–Trinajstić information content (AvgIpc) is 2.36. The van der Waals surface area contributed by atoms with Gasteiger partial charge in [0.25, 0.3) is 0 Å².